The molecule has 6 nitrogen and oxygen atoms in total. The molecule has 5 aromatic rings. The highest BCUT2D eigenvalue weighted by Crippen LogP contribution is 2.34. The standard InChI is InChI=1S/C29H25N3O3/c1-31-29(35-24-16-9-4-10-17-24)26(27(30-31)22-12-5-2-6-13-22)21-32(20-25-18-11-19-34-25)28(33)23-14-7-3-8-15-23/h2-19H,20-21H2,1H3. The monoisotopic (exact) mass is 463 g/mol. The Morgan fingerprint density at radius 2 is 1.51 bits per heavy atom. The van der Waals surface area contributed by atoms with Gasteiger partial charge in [-0.3, -0.25) is 4.79 Å². The molecular weight excluding hydrogens is 438 g/mol. The van der Waals surface area contributed by atoms with Crippen LogP contribution in [0.15, 0.2) is 114 Å². The summed E-state index contributed by atoms with van der Waals surface area (Å²) < 4.78 is 13.6. The summed E-state index contributed by atoms with van der Waals surface area (Å²) in [7, 11) is 1.85. The van der Waals surface area contributed by atoms with E-state index in [1.807, 2.05) is 110 Å². The van der Waals surface area contributed by atoms with Crippen LogP contribution in [0.5, 0.6) is 11.6 Å². The molecule has 0 fully saturated rings. The van der Waals surface area contributed by atoms with Crippen molar-refractivity contribution in [1.29, 1.82) is 0 Å². The number of hydrogen-bond acceptors (Lipinski definition) is 4. The van der Waals surface area contributed by atoms with Gasteiger partial charge in [-0.05, 0) is 36.4 Å². The Morgan fingerprint density at radius 3 is 2.17 bits per heavy atom. The molecule has 1 amide bonds. The highest BCUT2D eigenvalue weighted by atomic mass is 16.5. The number of para-hydroxylation sites is 1. The largest absolute Gasteiger partial charge is 0.467 e. The summed E-state index contributed by atoms with van der Waals surface area (Å²) in [6.45, 7) is 0.600. The second kappa shape index (κ2) is 10.1. The first-order valence-corrected chi connectivity index (χ1v) is 11.4. The summed E-state index contributed by atoms with van der Waals surface area (Å²) in [5.41, 5.74) is 3.14. The number of hydrogen-bond donors (Lipinski definition) is 0. The lowest BCUT2D eigenvalue weighted by molar-refractivity contribution is 0.0717. The molecule has 35 heavy (non-hydrogen) atoms. The number of ether oxygens (including phenoxy) is 1. The number of rotatable bonds is 8. The predicted octanol–water partition coefficient (Wildman–Crippen LogP) is 6.32. The zero-order valence-electron chi connectivity index (χ0n) is 19.4. The third kappa shape index (κ3) is 5.01. The van der Waals surface area contributed by atoms with Crippen LogP contribution >= 0.6 is 0 Å². The van der Waals surface area contributed by atoms with E-state index in [1.54, 1.807) is 15.8 Å². The molecule has 0 saturated heterocycles. The van der Waals surface area contributed by atoms with E-state index in [1.165, 1.54) is 0 Å². The fraction of sp³-hybridized carbons (Fsp3) is 0.103. The smallest absolute Gasteiger partial charge is 0.254 e. The van der Waals surface area contributed by atoms with E-state index in [0.29, 0.717) is 29.5 Å². The highest BCUT2D eigenvalue weighted by molar-refractivity contribution is 5.94. The van der Waals surface area contributed by atoms with Gasteiger partial charge in [0.25, 0.3) is 5.91 Å². The minimum atomic E-state index is -0.101. The predicted molar refractivity (Wildman–Crippen MR) is 134 cm³/mol. The van der Waals surface area contributed by atoms with E-state index in [2.05, 4.69) is 0 Å². The number of amides is 1. The maximum absolute atomic E-state index is 13.6. The van der Waals surface area contributed by atoms with Gasteiger partial charge >= 0.3 is 0 Å². The molecule has 0 aliphatic rings. The van der Waals surface area contributed by atoms with Crippen LogP contribution in [0.2, 0.25) is 0 Å². The lowest BCUT2D eigenvalue weighted by atomic mass is 10.1. The minimum absolute atomic E-state index is 0.101. The third-order valence-corrected chi connectivity index (χ3v) is 5.68. The van der Waals surface area contributed by atoms with Crippen molar-refractivity contribution in [2.45, 2.75) is 13.1 Å². The molecule has 2 heterocycles. The molecule has 3 aromatic carbocycles. The topological polar surface area (TPSA) is 60.5 Å². The van der Waals surface area contributed by atoms with Crippen LogP contribution < -0.4 is 4.74 Å². The van der Waals surface area contributed by atoms with Crippen molar-refractivity contribution in [3.8, 4) is 22.9 Å². The molecule has 0 radical (unpaired) electrons. The van der Waals surface area contributed by atoms with Crippen molar-refractivity contribution in [3.63, 3.8) is 0 Å². The molecule has 0 N–H and O–H groups in total. The van der Waals surface area contributed by atoms with Crippen molar-refractivity contribution < 1.29 is 13.9 Å². The van der Waals surface area contributed by atoms with Gasteiger partial charge in [0.2, 0.25) is 5.88 Å². The van der Waals surface area contributed by atoms with Crippen molar-refractivity contribution >= 4 is 5.91 Å². The lowest BCUT2D eigenvalue weighted by Gasteiger charge is -2.23. The second-order valence-electron chi connectivity index (χ2n) is 8.14. The quantitative estimate of drug-likeness (QED) is 0.270. The van der Waals surface area contributed by atoms with Crippen LogP contribution in [-0.2, 0) is 20.1 Å². The number of nitrogens with zero attached hydrogens (tertiary/aromatic N) is 3. The maximum Gasteiger partial charge on any atom is 0.254 e. The number of aromatic nitrogens is 2. The van der Waals surface area contributed by atoms with Crippen LogP contribution in [0.4, 0.5) is 0 Å². The summed E-state index contributed by atoms with van der Waals surface area (Å²) in [5.74, 6) is 1.88. The zero-order valence-corrected chi connectivity index (χ0v) is 19.4. The van der Waals surface area contributed by atoms with E-state index in [9.17, 15) is 4.79 Å². The van der Waals surface area contributed by atoms with Crippen molar-refractivity contribution in [2.75, 3.05) is 0 Å². The average Bonchev–Trinajstić information content (AvgIpc) is 3.53. The molecule has 0 atom stereocenters. The van der Waals surface area contributed by atoms with E-state index in [-0.39, 0.29) is 12.5 Å². The first-order chi connectivity index (χ1) is 17.2. The van der Waals surface area contributed by atoms with Gasteiger partial charge in [-0.2, -0.15) is 5.10 Å². The molecule has 5 rings (SSSR count). The fourth-order valence-electron chi connectivity index (χ4n) is 4.00. The zero-order chi connectivity index (χ0) is 24.0. The van der Waals surface area contributed by atoms with Gasteiger partial charge in [0, 0.05) is 18.2 Å². The normalized spacial score (nSPS) is 10.8. The molecule has 0 unspecified atom stereocenters. The summed E-state index contributed by atoms with van der Waals surface area (Å²) in [5, 5.41) is 4.79. The Kier molecular flexibility index (Phi) is 6.44. The summed E-state index contributed by atoms with van der Waals surface area (Å²) >= 11 is 0. The van der Waals surface area contributed by atoms with Crippen LogP contribution in [0, 0.1) is 0 Å². The number of carbonyl (C=O) groups is 1. The molecule has 0 aliphatic carbocycles. The first-order valence-electron chi connectivity index (χ1n) is 11.4. The van der Waals surface area contributed by atoms with Gasteiger partial charge in [0.05, 0.1) is 24.9 Å². The lowest BCUT2D eigenvalue weighted by Crippen LogP contribution is -2.30. The third-order valence-electron chi connectivity index (χ3n) is 5.68. The molecule has 6 heteroatoms. The fourth-order valence-corrected chi connectivity index (χ4v) is 4.00. The molecule has 174 valence electrons. The SMILES string of the molecule is Cn1nc(-c2ccccc2)c(CN(Cc2ccco2)C(=O)c2ccccc2)c1Oc1ccccc1. The Labute approximate surface area is 204 Å². The van der Waals surface area contributed by atoms with Gasteiger partial charge in [0.1, 0.15) is 17.2 Å². The molecule has 0 spiro atoms. The Bertz CT molecular complexity index is 1380. The minimum Gasteiger partial charge on any atom is -0.467 e. The Balaban J connectivity index is 1.58. The van der Waals surface area contributed by atoms with Crippen LogP contribution in [0.3, 0.4) is 0 Å². The van der Waals surface area contributed by atoms with Crippen molar-refractivity contribution in [2.24, 2.45) is 7.05 Å². The summed E-state index contributed by atoms with van der Waals surface area (Å²) in [6, 6.07) is 32.5. The average molecular weight is 464 g/mol. The summed E-state index contributed by atoms with van der Waals surface area (Å²) in [6.07, 6.45) is 1.62. The molecule has 2 aromatic heterocycles. The van der Waals surface area contributed by atoms with Gasteiger partial charge in [-0.15, -0.1) is 0 Å². The highest BCUT2D eigenvalue weighted by Gasteiger charge is 2.25. The van der Waals surface area contributed by atoms with Gasteiger partial charge in [0.15, 0.2) is 0 Å². The molecular formula is C29H25N3O3. The second-order valence-corrected chi connectivity index (χ2v) is 8.14. The molecule has 0 aliphatic heterocycles. The van der Waals surface area contributed by atoms with Crippen molar-refractivity contribution in [1.82, 2.24) is 14.7 Å². The number of benzene rings is 3. The Hall–Kier alpha value is -4.58. The van der Waals surface area contributed by atoms with E-state index in [4.69, 9.17) is 14.3 Å². The Morgan fingerprint density at radius 1 is 0.857 bits per heavy atom. The van der Waals surface area contributed by atoms with Crippen LogP contribution in [0.1, 0.15) is 21.7 Å². The number of aryl methyl sites for hydroxylation is 1. The molecule has 0 saturated carbocycles. The van der Waals surface area contributed by atoms with E-state index < -0.39 is 0 Å². The first kappa shape index (κ1) is 22.2. The van der Waals surface area contributed by atoms with Gasteiger partial charge in [-0.1, -0.05) is 66.7 Å². The van der Waals surface area contributed by atoms with Gasteiger partial charge < -0.3 is 14.1 Å². The summed E-state index contributed by atoms with van der Waals surface area (Å²) in [4.78, 5) is 15.4. The van der Waals surface area contributed by atoms with Crippen molar-refractivity contribution in [3.05, 3.63) is 126 Å². The van der Waals surface area contributed by atoms with E-state index in [0.717, 1.165) is 16.8 Å². The number of furan rings is 1. The van der Waals surface area contributed by atoms with Crippen LogP contribution in [-0.4, -0.2) is 20.6 Å². The van der Waals surface area contributed by atoms with Crippen LogP contribution in [0.25, 0.3) is 11.3 Å². The molecule has 0 bridgehead atoms. The number of carbonyl (C=O) groups excluding carboxylic acids is 1. The van der Waals surface area contributed by atoms with E-state index >= 15 is 0 Å². The van der Waals surface area contributed by atoms with Gasteiger partial charge in [-0.25, -0.2) is 4.68 Å². The maximum atomic E-state index is 13.6.